The first-order valence-electron chi connectivity index (χ1n) is 14.0. The summed E-state index contributed by atoms with van der Waals surface area (Å²) in [5.41, 5.74) is 10.5. The van der Waals surface area contributed by atoms with Gasteiger partial charge in [-0.2, -0.15) is 0 Å². The van der Waals surface area contributed by atoms with Gasteiger partial charge < -0.3 is 4.74 Å². The van der Waals surface area contributed by atoms with Crippen molar-refractivity contribution in [3.05, 3.63) is 119 Å². The molecule has 0 radical (unpaired) electrons. The second-order valence-electron chi connectivity index (χ2n) is 11.4. The molecule has 5 aromatic rings. The quantitative estimate of drug-likeness (QED) is 0.174. The van der Waals surface area contributed by atoms with Gasteiger partial charge in [0.15, 0.2) is 0 Å². The zero-order chi connectivity index (χ0) is 25.8. The summed E-state index contributed by atoms with van der Waals surface area (Å²) in [7, 11) is 0. The van der Waals surface area contributed by atoms with Gasteiger partial charge in [-0.25, -0.2) is 0 Å². The molecule has 188 valence electrons. The highest BCUT2D eigenvalue weighted by atomic mass is 16.5. The van der Waals surface area contributed by atoms with Crippen LogP contribution in [0.25, 0.3) is 43.8 Å². The maximum Gasteiger partial charge on any atom is 0.0720 e. The molecule has 0 saturated heterocycles. The molecule has 3 atom stereocenters. The molecule has 1 fully saturated rings. The van der Waals surface area contributed by atoms with E-state index in [9.17, 15) is 0 Å². The molecule has 2 bridgehead atoms. The second-order valence-corrected chi connectivity index (χ2v) is 11.4. The number of rotatable bonds is 5. The summed E-state index contributed by atoms with van der Waals surface area (Å²) in [6.45, 7) is 7.38. The number of ether oxygens (including phenoxy) is 1. The summed E-state index contributed by atoms with van der Waals surface area (Å²) < 4.78 is 6.35. The van der Waals surface area contributed by atoms with Gasteiger partial charge in [-0.05, 0) is 100 Å². The molecule has 0 heterocycles. The van der Waals surface area contributed by atoms with Crippen LogP contribution in [0.5, 0.6) is 0 Å². The van der Waals surface area contributed by atoms with Crippen LogP contribution in [0.3, 0.4) is 0 Å². The van der Waals surface area contributed by atoms with Crippen LogP contribution in [-0.2, 0) is 11.3 Å². The van der Waals surface area contributed by atoms with E-state index < -0.39 is 0 Å². The Hall–Kier alpha value is -3.68. The molecule has 1 saturated carbocycles. The van der Waals surface area contributed by atoms with Crippen LogP contribution in [-0.4, -0.2) is 6.10 Å². The maximum atomic E-state index is 6.35. The fourth-order valence-electron chi connectivity index (χ4n) is 7.18. The predicted molar refractivity (Wildman–Crippen MR) is 160 cm³/mol. The van der Waals surface area contributed by atoms with Crippen molar-refractivity contribution in [1.29, 1.82) is 0 Å². The van der Waals surface area contributed by atoms with E-state index in [1.54, 1.807) is 0 Å². The predicted octanol–water partition coefficient (Wildman–Crippen LogP) is 9.73. The molecule has 1 nitrogen and oxygen atoms in total. The number of allylic oxidation sites excluding steroid dienone is 1. The van der Waals surface area contributed by atoms with E-state index in [0.717, 1.165) is 5.92 Å². The fraction of sp³-hybridized carbons (Fsp3) is 0.243. The van der Waals surface area contributed by atoms with Gasteiger partial charge in [-0.15, -0.1) is 0 Å². The Labute approximate surface area is 225 Å². The summed E-state index contributed by atoms with van der Waals surface area (Å²) in [6, 6.07) is 31.6. The van der Waals surface area contributed by atoms with Crippen LogP contribution in [0.15, 0.2) is 97.1 Å². The van der Waals surface area contributed by atoms with Crippen LogP contribution in [0.1, 0.15) is 35.1 Å². The van der Waals surface area contributed by atoms with Gasteiger partial charge in [-0.3, -0.25) is 0 Å². The SMILES string of the molecule is Cc1cc(C)c(-c2c3ccccc3c(-c3ccc(COC4C[C@H]5C=C[C@@H]4C5)cc3)c3ccccc23)c(C)c1. The van der Waals surface area contributed by atoms with E-state index >= 15 is 0 Å². The van der Waals surface area contributed by atoms with Gasteiger partial charge in [0, 0.05) is 5.92 Å². The molecule has 5 aromatic carbocycles. The van der Waals surface area contributed by atoms with Crippen molar-refractivity contribution in [2.24, 2.45) is 11.8 Å². The molecule has 2 aliphatic carbocycles. The monoisotopic (exact) mass is 494 g/mol. The Morgan fingerprint density at radius 1 is 0.632 bits per heavy atom. The Balaban J connectivity index is 1.34. The van der Waals surface area contributed by atoms with Crippen molar-refractivity contribution in [3.63, 3.8) is 0 Å². The van der Waals surface area contributed by atoms with E-state index in [1.807, 2.05) is 0 Å². The minimum atomic E-state index is 0.388. The smallest absolute Gasteiger partial charge is 0.0720 e. The molecular weight excluding hydrogens is 460 g/mol. The van der Waals surface area contributed by atoms with Crippen molar-refractivity contribution in [2.75, 3.05) is 0 Å². The zero-order valence-corrected chi connectivity index (χ0v) is 22.5. The van der Waals surface area contributed by atoms with Crippen molar-refractivity contribution < 1.29 is 4.74 Å². The Kier molecular flexibility index (Phi) is 5.71. The molecule has 1 unspecified atom stereocenters. The van der Waals surface area contributed by atoms with Gasteiger partial charge in [-0.1, -0.05) is 103 Å². The molecule has 0 amide bonds. The topological polar surface area (TPSA) is 9.23 Å². The standard InChI is InChI=1S/C37H34O/c1-23-18-24(2)35(25(3)19-23)37-32-10-6-4-8-30(32)36(31-9-5-7-11-33(31)37)28-15-12-26(13-16-28)22-38-34-21-27-14-17-29(34)20-27/h4-19,27,29,34H,20-22H2,1-3H3/t27-,29+,34?/m0/s1. The van der Waals surface area contributed by atoms with Crippen molar-refractivity contribution in [1.82, 2.24) is 0 Å². The van der Waals surface area contributed by atoms with E-state index in [2.05, 4.69) is 118 Å². The van der Waals surface area contributed by atoms with E-state index in [4.69, 9.17) is 4.74 Å². The van der Waals surface area contributed by atoms with Gasteiger partial charge >= 0.3 is 0 Å². The Bertz CT molecular complexity index is 1630. The number of hydrogen-bond acceptors (Lipinski definition) is 1. The van der Waals surface area contributed by atoms with Crippen LogP contribution < -0.4 is 0 Å². The first-order valence-corrected chi connectivity index (χ1v) is 14.0. The normalized spacial score (nSPS) is 20.1. The molecule has 2 aliphatic rings. The average molecular weight is 495 g/mol. The third-order valence-corrected chi connectivity index (χ3v) is 8.78. The third kappa shape index (κ3) is 3.89. The number of fused-ring (bicyclic) bond motifs is 4. The highest BCUT2D eigenvalue weighted by molar-refractivity contribution is 6.21. The molecular formula is C37H34O. The largest absolute Gasteiger partial charge is 0.373 e. The van der Waals surface area contributed by atoms with Crippen LogP contribution in [0.4, 0.5) is 0 Å². The van der Waals surface area contributed by atoms with Gasteiger partial charge in [0.1, 0.15) is 0 Å². The average Bonchev–Trinajstić information content (AvgIpc) is 3.55. The minimum Gasteiger partial charge on any atom is -0.373 e. The van der Waals surface area contributed by atoms with Crippen molar-refractivity contribution in [3.8, 4) is 22.3 Å². The van der Waals surface area contributed by atoms with Gasteiger partial charge in [0.25, 0.3) is 0 Å². The molecule has 0 spiro atoms. The molecule has 38 heavy (non-hydrogen) atoms. The summed E-state index contributed by atoms with van der Waals surface area (Å²) in [5, 5.41) is 5.23. The highest BCUT2D eigenvalue weighted by Gasteiger charge is 2.36. The molecule has 0 N–H and O–H groups in total. The van der Waals surface area contributed by atoms with E-state index in [-0.39, 0.29) is 0 Å². The van der Waals surface area contributed by atoms with Gasteiger partial charge in [0.2, 0.25) is 0 Å². The molecule has 0 aromatic heterocycles. The highest BCUT2D eigenvalue weighted by Crippen LogP contribution is 2.45. The third-order valence-electron chi connectivity index (χ3n) is 8.78. The Morgan fingerprint density at radius 3 is 1.74 bits per heavy atom. The van der Waals surface area contributed by atoms with Gasteiger partial charge in [0.05, 0.1) is 12.7 Å². The summed E-state index contributed by atoms with van der Waals surface area (Å²) in [5.74, 6) is 1.36. The van der Waals surface area contributed by atoms with Crippen LogP contribution >= 0.6 is 0 Å². The summed E-state index contributed by atoms with van der Waals surface area (Å²) in [4.78, 5) is 0. The van der Waals surface area contributed by atoms with E-state index in [1.165, 1.54) is 78.9 Å². The fourth-order valence-corrected chi connectivity index (χ4v) is 7.18. The number of hydrogen-bond donors (Lipinski definition) is 0. The first kappa shape index (κ1) is 23.4. The number of benzene rings is 5. The first-order chi connectivity index (χ1) is 18.6. The maximum absolute atomic E-state index is 6.35. The molecule has 1 heteroatoms. The molecule has 0 aliphatic heterocycles. The van der Waals surface area contributed by atoms with Crippen LogP contribution in [0.2, 0.25) is 0 Å². The lowest BCUT2D eigenvalue weighted by molar-refractivity contribution is 0.0245. The van der Waals surface area contributed by atoms with E-state index in [0.29, 0.717) is 18.6 Å². The molecule has 7 rings (SSSR count). The lowest BCUT2D eigenvalue weighted by atomic mass is 9.83. The van der Waals surface area contributed by atoms with Crippen molar-refractivity contribution in [2.45, 2.75) is 46.3 Å². The lowest BCUT2D eigenvalue weighted by Gasteiger charge is -2.21. The lowest BCUT2D eigenvalue weighted by Crippen LogP contribution is -2.17. The second kappa shape index (κ2) is 9.26. The minimum absolute atomic E-state index is 0.388. The summed E-state index contributed by atoms with van der Waals surface area (Å²) in [6.07, 6.45) is 7.59. The Morgan fingerprint density at radius 2 is 1.21 bits per heavy atom. The van der Waals surface area contributed by atoms with Crippen LogP contribution in [0, 0.1) is 32.6 Å². The number of aryl methyl sites for hydroxylation is 3. The zero-order valence-electron chi connectivity index (χ0n) is 22.5. The van der Waals surface area contributed by atoms with Crippen molar-refractivity contribution >= 4 is 21.5 Å². The summed E-state index contributed by atoms with van der Waals surface area (Å²) >= 11 is 0.